The van der Waals surface area contributed by atoms with Crippen molar-refractivity contribution in [1.82, 2.24) is 9.88 Å². The van der Waals surface area contributed by atoms with E-state index in [0.29, 0.717) is 19.1 Å². The normalized spacial score (nSPS) is 13.2. The minimum absolute atomic E-state index is 0.183. The summed E-state index contributed by atoms with van der Waals surface area (Å²) in [5.41, 5.74) is 7.12. The van der Waals surface area contributed by atoms with Crippen LogP contribution >= 0.6 is 15.9 Å². The topological polar surface area (TPSA) is 51.4 Å². The Labute approximate surface area is 124 Å². The number of aromatic nitrogens is 1. The molecule has 4 nitrogen and oxygen atoms in total. The van der Waals surface area contributed by atoms with Crippen LogP contribution < -0.4 is 5.73 Å². The van der Waals surface area contributed by atoms with Gasteiger partial charge in [-0.2, -0.15) is 0 Å². The number of nitrogens with zero attached hydrogens (tertiary/aromatic N) is 2. The van der Waals surface area contributed by atoms with Crippen molar-refractivity contribution in [1.29, 1.82) is 0 Å². The van der Waals surface area contributed by atoms with Crippen molar-refractivity contribution in [2.24, 2.45) is 11.7 Å². The lowest BCUT2D eigenvalue weighted by molar-refractivity contribution is 0.112. The Kier molecular flexibility index (Phi) is 7.53. The smallest absolute Gasteiger partial charge is 0.0589 e. The summed E-state index contributed by atoms with van der Waals surface area (Å²) in [6, 6.07) is 2.27. The average Bonchev–Trinajstić information content (AvgIpc) is 2.36. The first-order chi connectivity index (χ1) is 9.08. The Morgan fingerprint density at radius 2 is 2.16 bits per heavy atom. The van der Waals surface area contributed by atoms with Crippen LogP contribution in [0.5, 0.6) is 0 Å². The van der Waals surface area contributed by atoms with Crippen LogP contribution in [0.3, 0.4) is 0 Å². The predicted molar refractivity (Wildman–Crippen MR) is 82.0 cm³/mol. The maximum absolute atomic E-state index is 5.98. The molecule has 1 heterocycles. The maximum atomic E-state index is 5.98. The minimum Gasteiger partial charge on any atom is -0.383 e. The molecule has 1 aromatic heterocycles. The molecule has 0 bridgehead atoms. The Bertz CT molecular complexity index is 373. The van der Waals surface area contributed by atoms with E-state index in [-0.39, 0.29) is 6.04 Å². The number of rotatable bonds is 8. The van der Waals surface area contributed by atoms with Gasteiger partial charge in [-0.25, -0.2) is 0 Å². The second kappa shape index (κ2) is 8.64. The SMILES string of the molecule is COCCN(CC(C)C)C(CN)c1cncc(Br)c1. The van der Waals surface area contributed by atoms with Crippen LogP contribution in [0.2, 0.25) is 0 Å². The van der Waals surface area contributed by atoms with Gasteiger partial charge in [0.15, 0.2) is 0 Å². The molecule has 0 aliphatic carbocycles. The summed E-state index contributed by atoms with van der Waals surface area (Å²) in [4.78, 5) is 6.61. The van der Waals surface area contributed by atoms with Gasteiger partial charge < -0.3 is 10.5 Å². The van der Waals surface area contributed by atoms with Crippen LogP contribution in [0.15, 0.2) is 22.9 Å². The summed E-state index contributed by atoms with van der Waals surface area (Å²) in [6.07, 6.45) is 3.68. The van der Waals surface area contributed by atoms with E-state index in [4.69, 9.17) is 10.5 Å². The molecule has 1 atom stereocenters. The molecule has 0 spiro atoms. The van der Waals surface area contributed by atoms with E-state index in [9.17, 15) is 0 Å². The molecular weight excluding hydrogens is 306 g/mol. The molecule has 0 aromatic carbocycles. The molecule has 0 saturated heterocycles. The first-order valence-corrected chi connectivity index (χ1v) is 7.41. The van der Waals surface area contributed by atoms with Gasteiger partial charge in [-0.1, -0.05) is 13.8 Å². The number of pyridine rings is 1. The number of hydrogen-bond donors (Lipinski definition) is 1. The van der Waals surface area contributed by atoms with E-state index in [1.54, 1.807) is 13.3 Å². The molecule has 1 aromatic rings. The molecule has 0 amide bonds. The van der Waals surface area contributed by atoms with Crippen molar-refractivity contribution in [3.8, 4) is 0 Å². The van der Waals surface area contributed by atoms with Gasteiger partial charge in [0.1, 0.15) is 0 Å². The average molecular weight is 330 g/mol. The third kappa shape index (κ3) is 5.57. The Hall–Kier alpha value is -0.490. The molecule has 0 aliphatic heterocycles. The highest BCUT2D eigenvalue weighted by Gasteiger charge is 2.20. The number of methoxy groups -OCH3 is 1. The van der Waals surface area contributed by atoms with E-state index in [2.05, 4.69) is 45.7 Å². The van der Waals surface area contributed by atoms with Gasteiger partial charge in [0.05, 0.1) is 6.61 Å². The lowest BCUT2D eigenvalue weighted by Gasteiger charge is -2.32. The highest BCUT2D eigenvalue weighted by Crippen LogP contribution is 2.22. The molecule has 19 heavy (non-hydrogen) atoms. The highest BCUT2D eigenvalue weighted by molar-refractivity contribution is 9.10. The van der Waals surface area contributed by atoms with Crippen LogP contribution in [0.4, 0.5) is 0 Å². The number of hydrogen-bond acceptors (Lipinski definition) is 4. The Morgan fingerprint density at radius 3 is 2.68 bits per heavy atom. The molecule has 1 unspecified atom stereocenters. The van der Waals surface area contributed by atoms with Gasteiger partial charge in [0.25, 0.3) is 0 Å². The number of nitrogens with two attached hydrogens (primary N) is 1. The van der Waals surface area contributed by atoms with Gasteiger partial charge in [0.2, 0.25) is 0 Å². The standard InChI is InChI=1S/C14H24BrN3O/c1-11(2)10-18(4-5-19-3)14(7-16)12-6-13(15)9-17-8-12/h6,8-9,11,14H,4-5,7,10,16H2,1-3H3. The van der Waals surface area contributed by atoms with Crippen molar-refractivity contribution in [2.45, 2.75) is 19.9 Å². The second-order valence-corrected chi connectivity index (χ2v) is 5.99. The number of ether oxygens (including phenoxy) is 1. The van der Waals surface area contributed by atoms with Gasteiger partial charge in [0, 0.05) is 49.7 Å². The first kappa shape index (κ1) is 16.6. The largest absolute Gasteiger partial charge is 0.383 e. The van der Waals surface area contributed by atoms with Gasteiger partial charge in [-0.15, -0.1) is 0 Å². The molecule has 1 rings (SSSR count). The van der Waals surface area contributed by atoms with Gasteiger partial charge in [-0.05, 0) is 33.5 Å². The fourth-order valence-electron chi connectivity index (χ4n) is 2.16. The zero-order valence-corrected chi connectivity index (χ0v) is 13.6. The predicted octanol–water partition coefficient (Wildman–Crippen LogP) is 2.45. The van der Waals surface area contributed by atoms with Crippen LogP contribution in [0, 0.1) is 5.92 Å². The van der Waals surface area contributed by atoms with Crippen LogP contribution in [-0.4, -0.2) is 43.2 Å². The van der Waals surface area contributed by atoms with Crippen LogP contribution in [-0.2, 0) is 4.74 Å². The third-order valence-electron chi connectivity index (χ3n) is 2.96. The van der Waals surface area contributed by atoms with E-state index < -0.39 is 0 Å². The van der Waals surface area contributed by atoms with Crippen molar-refractivity contribution >= 4 is 15.9 Å². The molecule has 0 radical (unpaired) electrons. The minimum atomic E-state index is 0.183. The fourth-order valence-corrected chi connectivity index (χ4v) is 2.54. The zero-order valence-electron chi connectivity index (χ0n) is 12.0. The van der Waals surface area contributed by atoms with Crippen molar-refractivity contribution < 1.29 is 4.74 Å². The summed E-state index contributed by atoms with van der Waals surface area (Å²) in [6.45, 7) is 7.60. The first-order valence-electron chi connectivity index (χ1n) is 6.62. The Morgan fingerprint density at radius 1 is 1.42 bits per heavy atom. The van der Waals surface area contributed by atoms with Gasteiger partial charge in [-0.3, -0.25) is 9.88 Å². The molecule has 108 valence electrons. The van der Waals surface area contributed by atoms with E-state index in [1.165, 1.54) is 0 Å². The van der Waals surface area contributed by atoms with Crippen molar-refractivity contribution in [3.63, 3.8) is 0 Å². The lowest BCUT2D eigenvalue weighted by atomic mass is 10.1. The Balaban J connectivity index is 2.87. The summed E-state index contributed by atoms with van der Waals surface area (Å²) in [5, 5.41) is 0. The fraction of sp³-hybridized carbons (Fsp3) is 0.643. The molecule has 5 heteroatoms. The van der Waals surface area contributed by atoms with E-state index in [0.717, 1.165) is 23.1 Å². The van der Waals surface area contributed by atoms with E-state index >= 15 is 0 Å². The molecule has 0 saturated carbocycles. The summed E-state index contributed by atoms with van der Waals surface area (Å²) >= 11 is 3.47. The summed E-state index contributed by atoms with van der Waals surface area (Å²) in [5.74, 6) is 0.589. The maximum Gasteiger partial charge on any atom is 0.0589 e. The number of halogens is 1. The molecular formula is C14H24BrN3O. The van der Waals surface area contributed by atoms with Crippen LogP contribution in [0.25, 0.3) is 0 Å². The monoisotopic (exact) mass is 329 g/mol. The third-order valence-corrected chi connectivity index (χ3v) is 3.39. The quantitative estimate of drug-likeness (QED) is 0.795. The van der Waals surface area contributed by atoms with Gasteiger partial charge >= 0.3 is 0 Å². The lowest BCUT2D eigenvalue weighted by Crippen LogP contribution is -2.38. The van der Waals surface area contributed by atoms with E-state index in [1.807, 2.05) is 6.20 Å². The molecule has 2 N–H and O–H groups in total. The molecule has 0 fully saturated rings. The van der Waals surface area contributed by atoms with Crippen LogP contribution in [0.1, 0.15) is 25.5 Å². The second-order valence-electron chi connectivity index (χ2n) is 5.07. The zero-order chi connectivity index (χ0) is 14.3. The summed E-state index contributed by atoms with van der Waals surface area (Å²) in [7, 11) is 1.73. The molecule has 0 aliphatic rings. The van der Waals surface area contributed by atoms with Crippen molar-refractivity contribution in [3.05, 3.63) is 28.5 Å². The summed E-state index contributed by atoms with van der Waals surface area (Å²) < 4.78 is 6.19. The highest BCUT2D eigenvalue weighted by atomic mass is 79.9. The van der Waals surface area contributed by atoms with Crippen molar-refractivity contribution in [2.75, 3.05) is 33.4 Å².